The van der Waals surface area contributed by atoms with E-state index in [1.807, 2.05) is 0 Å². The predicted molar refractivity (Wildman–Crippen MR) is 66.0 cm³/mol. The van der Waals surface area contributed by atoms with Crippen LogP contribution in [0.1, 0.15) is 5.56 Å². The SMILES string of the molecule is Oc1ccc2[nH]c(-c3ncccc3C(F)(F)F)nc2c1. The van der Waals surface area contributed by atoms with Crippen LogP contribution in [-0.4, -0.2) is 20.1 Å². The molecule has 3 aromatic rings. The van der Waals surface area contributed by atoms with Gasteiger partial charge in [0.2, 0.25) is 0 Å². The van der Waals surface area contributed by atoms with Crippen molar-refractivity contribution in [2.75, 3.05) is 0 Å². The molecule has 102 valence electrons. The first-order valence-corrected chi connectivity index (χ1v) is 5.66. The number of aromatic nitrogens is 3. The summed E-state index contributed by atoms with van der Waals surface area (Å²) >= 11 is 0. The Morgan fingerprint density at radius 1 is 1.15 bits per heavy atom. The number of alkyl halides is 3. The molecule has 0 aliphatic heterocycles. The lowest BCUT2D eigenvalue weighted by Gasteiger charge is -2.09. The van der Waals surface area contributed by atoms with Crippen LogP contribution < -0.4 is 0 Å². The van der Waals surface area contributed by atoms with E-state index in [-0.39, 0.29) is 17.3 Å². The van der Waals surface area contributed by atoms with Crippen LogP contribution in [0, 0.1) is 0 Å². The number of benzene rings is 1. The first kappa shape index (κ1) is 12.5. The van der Waals surface area contributed by atoms with Gasteiger partial charge in [-0.2, -0.15) is 13.2 Å². The van der Waals surface area contributed by atoms with E-state index in [4.69, 9.17) is 0 Å². The van der Waals surface area contributed by atoms with Crippen LogP contribution in [0.2, 0.25) is 0 Å². The third-order valence-electron chi connectivity index (χ3n) is 2.80. The number of phenols is 1. The Morgan fingerprint density at radius 2 is 1.95 bits per heavy atom. The summed E-state index contributed by atoms with van der Waals surface area (Å²) in [6, 6.07) is 6.50. The zero-order valence-electron chi connectivity index (χ0n) is 9.94. The molecule has 1 aromatic carbocycles. The van der Waals surface area contributed by atoms with Gasteiger partial charge < -0.3 is 10.1 Å². The smallest absolute Gasteiger partial charge is 0.418 e. The third-order valence-corrected chi connectivity index (χ3v) is 2.80. The van der Waals surface area contributed by atoms with Crippen LogP contribution in [-0.2, 0) is 6.18 Å². The number of aromatic hydroxyl groups is 1. The highest BCUT2D eigenvalue weighted by atomic mass is 19.4. The molecule has 0 aliphatic carbocycles. The van der Waals surface area contributed by atoms with Gasteiger partial charge in [-0.1, -0.05) is 0 Å². The molecule has 0 fully saturated rings. The Morgan fingerprint density at radius 3 is 2.70 bits per heavy atom. The Kier molecular flexibility index (Phi) is 2.63. The number of phenolic OH excluding ortho intramolecular Hbond substituents is 1. The van der Waals surface area contributed by atoms with Gasteiger partial charge in [0.15, 0.2) is 5.82 Å². The van der Waals surface area contributed by atoms with Crippen molar-refractivity contribution >= 4 is 11.0 Å². The lowest BCUT2D eigenvalue weighted by molar-refractivity contribution is -0.137. The van der Waals surface area contributed by atoms with Crippen LogP contribution in [0.3, 0.4) is 0 Å². The minimum absolute atomic E-state index is 0.00684. The van der Waals surface area contributed by atoms with Gasteiger partial charge in [-0.15, -0.1) is 0 Å². The molecule has 0 bridgehead atoms. The Bertz CT molecular complexity index is 780. The van der Waals surface area contributed by atoms with Crippen molar-refractivity contribution in [3.63, 3.8) is 0 Å². The first-order valence-electron chi connectivity index (χ1n) is 5.66. The molecule has 7 heteroatoms. The largest absolute Gasteiger partial charge is 0.508 e. The molecule has 2 heterocycles. The molecule has 2 N–H and O–H groups in total. The van der Waals surface area contributed by atoms with Gasteiger partial charge in [0, 0.05) is 12.3 Å². The minimum Gasteiger partial charge on any atom is -0.508 e. The molecule has 0 radical (unpaired) electrons. The monoisotopic (exact) mass is 279 g/mol. The second kappa shape index (κ2) is 4.22. The van der Waals surface area contributed by atoms with Crippen LogP contribution in [0.4, 0.5) is 13.2 Å². The Labute approximate surface area is 110 Å². The number of hydrogen-bond acceptors (Lipinski definition) is 3. The molecule has 0 amide bonds. The van der Waals surface area contributed by atoms with Crippen molar-refractivity contribution in [2.24, 2.45) is 0 Å². The van der Waals surface area contributed by atoms with Crippen LogP contribution in [0.25, 0.3) is 22.6 Å². The fraction of sp³-hybridized carbons (Fsp3) is 0.0769. The van der Waals surface area contributed by atoms with Crippen molar-refractivity contribution in [1.82, 2.24) is 15.0 Å². The summed E-state index contributed by atoms with van der Waals surface area (Å²) in [6.45, 7) is 0. The minimum atomic E-state index is -4.51. The number of hydrogen-bond donors (Lipinski definition) is 2. The van der Waals surface area contributed by atoms with E-state index in [0.29, 0.717) is 11.0 Å². The van der Waals surface area contributed by atoms with Crippen LogP contribution >= 0.6 is 0 Å². The number of imidazole rings is 1. The number of H-pyrrole nitrogens is 1. The highest BCUT2D eigenvalue weighted by Gasteiger charge is 2.35. The summed E-state index contributed by atoms with van der Waals surface area (Å²) in [6.07, 6.45) is -3.24. The van der Waals surface area contributed by atoms with Crippen molar-refractivity contribution in [1.29, 1.82) is 0 Å². The molecule has 20 heavy (non-hydrogen) atoms. The molecule has 3 rings (SSSR count). The first-order chi connectivity index (χ1) is 9.45. The zero-order chi connectivity index (χ0) is 14.3. The molecule has 0 saturated heterocycles. The molecule has 0 aliphatic rings. The molecule has 0 saturated carbocycles. The molecule has 4 nitrogen and oxygen atoms in total. The number of halogens is 3. The maximum absolute atomic E-state index is 12.9. The van der Waals surface area contributed by atoms with Gasteiger partial charge in [-0.05, 0) is 24.3 Å². The van der Waals surface area contributed by atoms with Crippen molar-refractivity contribution in [3.05, 3.63) is 42.1 Å². The van der Waals surface area contributed by atoms with Gasteiger partial charge in [-0.25, -0.2) is 4.98 Å². The van der Waals surface area contributed by atoms with E-state index >= 15 is 0 Å². The fourth-order valence-electron chi connectivity index (χ4n) is 1.93. The summed E-state index contributed by atoms with van der Waals surface area (Å²) in [7, 11) is 0. The van der Waals surface area contributed by atoms with Crippen molar-refractivity contribution in [2.45, 2.75) is 6.18 Å². The fourth-order valence-corrected chi connectivity index (χ4v) is 1.93. The van der Waals surface area contributed by atoms with Crippen molar-refractivity contribution in [3.8, 4) is 17.3 Å². The second-order valence-electron chi connectivity index (χ2n) is 4.18. The average Bonchev–Trinajstić information content (AvgIpc) is 2.80. The number of rotatable bonds is 1. The summed E-state index contributed by atoms with van der Waals surface area (Å²) < 4.78 is 38.8. The Hall–Kier alpha value is -2.57. The van der Waals surface area contributed by atoms with Gasteiger partial charge in [0.05, 0.1) is 16.6 Å². The number of pyridine rings is 1. The van der Waals surface area contributed by atoms with Gasteiger partial charge in [0.25, 0.3) is 0 Å². The number of nitrogens with zero attached hydrogens (tertiary/aromatic N) is 2. The summed E-state index contributed by atoms with van der Waals surface area (Å²) in [5, 5.41) is 9.34. The topological polar surface area (TPSA) is 61.8 Å². The summed E-state index contributed by atoms with van der Waals surface area (Å²) in [5.41, 5.74) is -0.227. The normalized spacial score (nSPS) is 11.9. The quantitative estimate of drug-likeness (QED) is 0.718. The van der Waals surface area contributed by atoms with Crippen LogP contribution in [0.5, 0.6) is 5.75 Å². The van der Waals surface area contributed by atoms with E-state index in [9.17, 15) is 18.3 Å². The molecular formula is C13H8F3N3O. The zero-order valence-corrected chi connectivity index (χ0v) is 9.94. The lowest BCUT2D eigenvalue weighted by Crippen LogP contribution is -2.08. The van der Waals surface area contributed by atoms with Gasteiger partial charge in [-0.3, -0.25) is 4.98 Å². The summed E-state index contributed by atoms with van der Waals surface area (Å²) in [4.78, 5) is 10.6. The van der Waals surface area contributed by atoms with E-state index in [0.717, 1.165) is 6.07 Å². The molecule has 0 unspecified atom stereocenters. The average molecular weight is 279 g/mol. The van der Waals surface area contributed by atoms with Gasteiger partial charge >= 0.3 is 6.18 Å². The Balaban J connectivity index is 2.21. The molecule has 0 spiro atoms. The van der Waals surface area contributed by atoms with E-state index in [2.05, 4.69) is 15.0 Å². The van der Waals surface area contributed by atoms with E-state index < -0.39 is 11.7 Å². The number of aromatic amines is 1. The molecular weight excluding hydrogens is 271 g/mol. The van der Waals surface area contributed by atoms with Crippen LogP contribution in [0.15, 0.2) is 36.5 Å². The van der Waals surface area contributed by atoms with Crippen molar-refractivity contribution < 1.29 is 18.3 Å². The number of fused-ring (bicyclic) bond motifs is 1. The third kappa shape index (κ3) is 2.07. The molecule has 2 aromatic heterocycles. The highest BCUT2D eigenvalue weighted by Crippen LogP contribution is 2.35. The maximum atomic E-state index is 12.9. The molecule has 0 atom stereocenters. The predicted octanol–water partition coefficient (Wildman–Crippen LogP) is 3.35. The van der Waals surface area contributed by atoms with E-state index in [1.54, 1.807) is 0 Å². The highest BCUT2D eigenvalue weighted by molar-refractivity contribution is 5.80. The summed E-state index contributed by atoms with van der Waals surface area (Å²) in [5.74, 6) is 0.00569. The second-order valence-corrected chi connectivity index (χ2v) is 4.18. The van der Waals surface area contributed by atoms with Gasteiger partial charge in [0.1, 0.15) is 11.4 Å². The standard InChI is InChI=1S/C13H8F3N3O/c14-13(15,16)8-2-1-5-17-11(8)12-18-9-4-3-7(20)6-10(9)19-12/h1-6,20H,(H,18,19). The number of nitrogens with one attached hydrogen (secondary N) is 1. The van der Waals surface area contributed by atoms with E-state index in [1.165, 1.54) is 30.5 Å². The maximum Gasteiger partial charge on any atom is 0.418 e. The lowest BCUT2D eigenvalue weighted by atomic mass is 10.2.